The van der Waals surface area contributed by atoms with Crippen LogP contribution in [0.5, 0.6) is 0 Å². The monoisotopic (exact) mass is 297 g/mol. The number of anilines is 1. The minimum atomic E-state index is -4.50. The van der Waals surface area contributed by atoms with Crippen molar-refractivity contribution in [1.82, 2.24) is 4.90 Å². The summed E-state index contributed by atoms with van der Waals surface area (Å²) in [4.78, 5) is 4.10. The molecule has 0 N–H and O–H groups in total. The zero-order valence-electron chi connectivity index (χ0n) is 12.1. The molecule has 1 saturated heterocycles. The maximum Gasteiger partial charge on any atom is 0.417 e. The number of benzene rings is 1. The van der Waals surface area contributed by atoms with Crippen molar-refractivity contribution in [2.45, 2.75) is 25.1 Å². The number of nitrogens with zero attached hydrogens (tertiary/aromatic N) is 3. The molecular weight excluding hydrogens is 279 g/mol. The molecule has 1 heterocycles. The normalized spacial score (nSPS) is 17.1. The highest BCUT2D eigenvalue weighted by Gasteiger charge is 2.34. The fourth-order valence-corrected chi connectivity index (χ4v) is 2.70. The van der Waals surface area contributed by atoms with Crippen molar-refractivity contribution in [2.24, 2.45) is 0 Å². The van der Waals surface area contributed by atoms with Gasteiger partial charge in [-0.25, -0.2) is 0 Å². The quantitative estimate of drug-likeness (QED) is 0.840. The summed E-state index contributed by atoms with van der Waals surface area (Å²) in [5.41, 5.74) is -0.634. The molecule has 0 spiro atoms. The van der Waals surface area contributed by atoms with Crippen LogP contribution in [0, 0.1) is 11.3 Å². The predicted octanol–water partition coefficient (Wildman–Crippen LogP) is 3.11. The van der Waals surface area contributed by atoms with Crippen LogP contribution in [0.15, 0.2) is 18.2 Å². The van der Waals surface area contributed by atoms with Gasteiger partial charge in [0.2, 0.25) is 0 Å². The van der Waals surface area contributed by atoms with E-state index >= 15 is 0 Å². The molecular formula is C15H18F3N3. The first kappa shape index (κ1) is 15.6. The van der Waals surface area contributed by atoms with Gasteiger partial charge in [-0.15, -0.1) is 0 Å². The molecule has 1 aromatic carbocycles. The van der Waals surface area contributed by atoms with Crippen LogP contribution >= 0.6 is 0 Å². The Kier molecular flexibility index (Phi) is 4.43. The van der Waals surface area contributed by atoms with Crippen molar-refractivity contribution in [3.8, 4) is 6.07 Å². The minimum absolute atomic E-state index is 0.325. The van der Waals surface area contributed by atoms with E-state index in [9.17, 15) is 13.2 Å². The fourth-order valence-electron chi connectivity index (χ4n) is 2.70. The van der Waals surface area contributed by atoms with Crippen LogP contribution in [0.25, 0.3) is 0 Å². The summed E-state index contributed by atoms with van der Waals surface area (Å²) < 4.78 is 38.9. The van der Waals surface area contributed by atoms with Gasteiger partial charge in [0.1, 0.15) is 0 Å². The second-order valence-electron chi connectivity index (χ2n) is 5.52. The summed E-state index contributed by atoms with van der Waals surface area (Å²) >= 11 is 0. The van der Waals surface area contributed by atoms with Crippen molar-refractivity contribution in [3.05, 3.63) is 29.3 Å². The van der Waals surface area contributed by atoms with Crippen molar-refractivity contribution < 1.29 is 13.2 Å². The van der Waals surface area contributed by atoms with Crippen LogP contribution < -0.4 is 4.90 Å². The lowest BCUT2D eigenvalue weighted by atomic mass is 10.0. The molecule has 1 aliphatic rings. The number of alkyl halides is 3. The third-order valence-electron chi connectivity index (χ3n) is 3.99. The Morgan fingerprint density at radius 1 is 1.24 bits per heavy atom. The molecule has 0 unspecified atom stereocenters. The van der Waals surface area contributed by atoms with Gasteiger partial charge in [0.25, 0.3) is 0 Å². The lowest BCUT2D eigenvalue weighted by molar-refractivity contribution is -0.137. The molecule has 1 fully saturated rings. The number of rotatable bonds is 2. The van der Waals surface area contributed by atoms with Gasteiger partial charge in [0.15, 0.2) is 0 Å². The predicted molar refractivity (Wildman–Crippen MR) is 75.1 cm³/mol. The van der Waals surface area contributed by atoms with Gasteiger partial charge in [-0.2, -0.15) is 18.4 Å². The topological polar surface area (TPSA) is 30.3 Å². The average molecular weight is 297 g/mol. The van der Waals surface area contributed by atoms with Crippen molar-refractivity contribution in [3.63, 3.8) is 0 Å². The third-order valence-corrected chi connectivity index (χ3v) is 3.99. The summed E-state index contributed by atoms with van der Waals surface area (Å²) in [6, 6.07) is 6.04. The summed E-state index contributed by atoms with van der Waals surface area (Å²) in [5, 5.41) is 8.81. The highest BCUT2D eigenvalue weighted by molar-refractivity contribution is 5.55. The Bertz CT molecular complexity index is 538. The van der Waals surface area contributed by atoms with Gasteiger partial charge >= 0.3 is 6.18 Å². The van der Waals surface area contributed by atoms with Gasteiger partial charge in [-0.3, -0.25) is 0 Å². The lowest BCUT2D eigenvalue weighted by Gasteiger charge is -2.36. The number of hydrogen-bond donors (Lipinski definition) is 0. The molecule has 6 heteroatoms. The fraction of sp³-hybridized carbons (Fsp3) is 0.533. The summed E-state index contributed by atoms with van der Waals surface area (Å²) in [7, 11) is 4.04. The van der Waals surface area contributed by atoms with E-state index in [2.05, 4.69) is 4.90 Å². The van der Waals surface area contributed by atoms with Crippen molar-refractivity contribution >= 4 is 5.69 Å². The van der Waals surface area contributed by atoms with Crippen LogP contribution in [-0.2, 0) is 6.18 Å². The molecule has 1 aliphatic heterocycles. The lowest BCUT2D eigenvalue weighted by Crippen LogP contribution is -2.42. The van der Waals surface area contributed by atoms with E-state index < -0.39 is 11.7 Å². The molecule has 21 heavy (non-hydrogen) atoms. The van der Waals surface area contributed by atoms with E-state index in [1.807, 2.05) is 19.0 Å². The van der Waals surface area contributed by atoms with Gasteiger partial charge in [-0.05, 0) is 45.1 Å². The molecule has 0 aliphatic carbocycles. The van der Waals surface area contributed by atoms with E-state index in [0.717, 1.165) is 32.0 Å². The smallest absolute Gasteiger partial charge is 0.371 e. The Balaban J connectivity index is 2.21. The van der Waals surface area contributed by atoms with E-state index in [1.54, 1.807) is 12.1 Å². The van der Waals surface area contributed by atoms with E-state index in [0.29, 0.717) is 11.7 Å². The average Bonchev–Trinajstić information content (AvgIpc) is 2.45. The maximum atomic E-state index is 13.0. The first-order valence-corrected chi connectivity index (χ1v) is 6.85. The molecule has 0 aromatic heterocycles. The molecule has 0 atom stereocenters. The summed E-state index contributed by atoms with van der Waals surface area (Å²) in [5.74, 6) is 0. The van der Waals surface area contributed by atoms with Crippen molar-refractivity contribution in [2.75, 3.05) is 32.1 Å². The summed E-state index contributed by atoms with van der Waals surface area (Å²) in [6.07, 6.45) is -2.65. The Morgan fingerprint density at radius 3 is 2.33 bits per heavy atom. The molecule has 0 bridgehead atoms. The standard InChI is InChI=1S/C15H18F3N3/c1-20(2)12-5-7-21(8-6-12)13-4-3-11(10-19)14(9-13)15(16,17)18/h3-4,9,12H,5-8H2,1-2H3. The van der Waals surface area contributed by atoms with Gasteiger partial charge in [0, 0.05) is 24.8 Å². The van der Waals surface area contributed by atoms with Crippen LogP contribution in [-0.4, -0.2) is 38.1 Å². The summed E-state index contributed by atoms with van der Waals surface area (Å²) in [6.45, 7) is 1.46. The Labute approximate surface area is 122 Å². The van der Waals surface area contributed by atoms with E-state index in [1.165, 1.54) is 6.07 Å². The first-order chi connectivity index (χ1) is 9.82. The zero-order chi connectivity index (χ0) is 15.6. The van der Waals surface area contributed by atoms with Crippen molar-refractivity contribution in [1.29, 1.82) is 5.26 Å². The molecule has 1 aromatic rings. The van der Waals surface area contributed by atoms with Gasteiger partial charge < -0.3 is 9.80 Å². The molecule has 2 rings (SSSR count). The molecule has 114 valence electrons. The molecule has 0 saturated carbocycles. The number of hydrogen-bond acceptors (Lipinski definition) is 3. The zero-order valence-corrected chi connectivity index (χ0v) is 12.1. The Hall–Kier alpha value is -1.74. The SMILES string of the molecule is CN(C)C1CCN(c2ccc(C#N)c(C(F)(F)F)c2)CC1. The number of piperidine rings is 1. The molecule has 0 radical (unpaired) electrons. The largest absolute Gasteiger partial charge is 0.417 e. The number of nitriles is 1. The first-order valence-electron chi connectivity index (χ1n) is 6.85. The van der Waals surface area contributed by atoms with Crippen LogP contribution in [0.1, 0.15) is 24.0 Å². The third kappa shape index (κ3) is 3.48. The van der Waals surface area contributed by atoms with E-state index in [4.69, 9.17) is 5.26 Å². The molecule has 3 nitrogen and oxygen atoms in total. The second kappa shape index (κ2) is 5.94. The highest BCUT2D eigenvalue weighted by Crippen LogP contribution is 2.35. The molecule has 0 amide bonds. The highest BCUT2D eigenvalue weighted by atomic mass is 19.4. The van der Waals surface area contributed by atoms with Crippen LogP contribution in [0.4, 0.5) is 18.9 Å². The van der Waals surface area contributed by atoms with Crippen LogP contribution in [0.3, 0.4) is 0 Å². The van der Waals surface area contributed by atoms with Crippen LogP contribution in [0.2, 0.25) is 0 Å². The van der Waals surface area contributed by atoms with Gasteiger partial charge in [-0.1, -0.05) is 0 Å². The maximum absolute atomic E-state index is 13.0. The van der Waals surface area contributed by atoms with E-state index in [-0.39, 0.29) is 5.56 Å². The minimum Gasteiger partial charge on any atom is -0.371 e. The second-order valence-corrected chi connectivity index (χ2v) is 5.52. The Morgan fingerprint density at radius 2 is 1.86 bits per heavy atom. The number of halogens is 3. The van der Waals surface area contributed by atoms with Gasteiger partial charge in [0.05, 0.1) is 17.2 Å².